The number of hydrogen-bond acceptors (Lipinski definition) is 6. The molecule has 1 aromatic carbocycles. The first-order valence-electron chi connectivity index (χ1n) is 5.67. The molecule has 0 atom stereocenters. The highest BCUT2D eigenvalue weighted by atomic mass is 32.2. The Kier molecular flexibility index (Phi) is 4.66. The minimum Gasteiger partial charge on any atom is -0.326 e. The largest absolute Gasteiger partial charge is 0.326 e. The zero-order chi connectivity index (χ0) is 14.4. The second-order valence-electron chi connectivity index (χ2n) is 3.74. The summed E-state index contributed by atoms with van der Waals surface area (Å²) >= 11 is 1.39. The van der Waals surface area contributed by atoms with Crippen LogP contribution in [0.3, 0.4) is 0 Å². The fraction of sp³-hybridized carbons (Fsp3) is 0.182. The van der Waals surface area contributed by atoms with E-state index in [9.17, 15) is 14.9 Å². The number of thioether (sulfide) groups is 1. The number of aromatic amines is 1. The number of carbonyl (C=O) groups is 1. The number of H-pyrrole nitrogens is 1. The van der Waals surface area contributed by atoms with E-state index < -0.39 is 4.92 Å². The molecule has 0 saturated carbocycles. The lowest BCUT2D eigenvalue weighted by atomic mass is 10.3. The van der Waals surface area contributed by atoms with Crippen molar-refractivity contribution in [3.63, 3.8) is 0 Å². The van der Waals surface area contributed by atoms with Crippen LogP contribution in [0.5, 0.6) is 0 Å². The molecule has 2 aromatic rings. The minimum atomic E-state index is -0.486. The highest BCUT2D eigenvalue weighted by Gasteiger charge is 2.07. The van der Waals surface area contributed by atoms with Crippen molar-refractivity contribution in [2.75, 3.05) is 11.1 Å². The third kappa shape index (κ3) is 4.05. The van der Waals surface area contributed by atoms with Crippen LogP contribution in [-0.4, -0.2) is 31.8 Å². The van der Waals surface area contributed by atoms with Gasteiger partial charge in [0.15, 0.2) is 5.16 Å². The Morgan fingerprint density at radius 1 is 1.40 bits per heavy atom. The van der Waals surface area contributed by atoms with Gasteiger partial charge in [-0.3, -0.25) is 20.0 Å². The number of carbonyl (C=O) groups excluding carboxylic acids is 1. The fourth-order valence-corrected chi connectivity index (χ4v) is 2.11. The van der Waals surface area contributed by atoms with Crippen molar-refractivity contribution in [3.8, 4) is 0 Å². The summed E-state index contributed by atoms with van der Waals surface area (Å²) in [5.41, 5.74) is 0.522. The Hall–Kier alpha value is -2.42. The highest BCUT2D eigenvalue weighted by Crippen LogP contribution is 2.16. The minimum absolute atomic E-state index is 0.0103. The molecule has 9 heteroatoms. The summed E-state index contributed by atoms with van der Waals surface area (Å²) in [6.45, 7) is 0. The highest BCUT2D eigenvalue weighted by molar-refractivity contribution is 7.99. The van der Waals surface area contributed by atoms with E-state index in [1.165, 1.54) is 42.4 Å². The standard InChI is InChI=1S/C11H11N5O3S/c17-10(5-6-20-11-12-7-13-15-11)14-8-1-3-9(4-2-8)16(18)19/h1-4,7H,5-6H2,(H,14,17)(H,12,13,15). The van der Waals surface area contributed by atoms with Crippen LogP contribution in [-0.2, 0) is 4.79 Å². The summed E-state index contributed by atoms with van der Waals surface area (Å²) in [7, 11) is 0. The quantitative estimate of drug-likeness (QED) is 0.477. The molecule has 0 saturated heterocycles. The molecule has 20 heavy (non-hydrogen) atoms. The molecule has 1 amide bonds. The Labute approximate surface area is 118 Å². The summed E-state index contributed by atoms with van der Waals surface area (Å²) in [5, 5.41) is 20.2. The zero-order valence-electron chi connectivity index (χ0n) is 10.3. The number of amides is 1. The predicted octanol–water partition coefficient (Wildman–Crippen LogP) is 1.83. The van der Waals surface area contributed by atoms with Crippen molar-refractivity contribution in [2.45, 2.75) is 11.6 Å². The lowest BCUT2D eigenvalue weighted by molar-refractivity contribution is -0.384. The molecule has 0 aliphatic heterocycles. The molecule has 2 N–H and O–H groups in total. The van der Waals surface area contributed by atoms with Gasteiger partial charge >= 0.3 is 0 Å². The third-order valence-corrected chi connectivity index (χ3v) is 3.20. The molecule has 0 spiro atoms. The van der Waals surface area contributed by atoms with Crippen molar-refractivity contribution < 1.29 is 9.72 Å². The summed E-state index contributed by atoms with van der Waals surface area (Å²) < 4.78 is 0. The van der Waals surface area contributed by atoms with E-state index >= 15 is 0 Å². The van der Waals surface area contributed by atoms with Gasteiger partial charge in [-0.05, 0) is 12.1 Å². The van der Waals surface area contributed by atoms with Crippen molar-refractivity contribution in [3.05, 3.63) is 40.7 Å². The second kappa shape index (κ2) is 6.66. The van der Waals surface area contributed by atoms with Gasteiger partial charge in [0, 0.05) is 30.0 Å². The molecule has 2 rings (SSSR count). The second-order valence-corrected chi connectivity index (χ2v) is 4.82. The van der Waals surface area contributed by atoms with Crippen LogP contribution in [0, 0.1) is 10.1 Å². The summed E-state index contributed by atoms with van der Waals surface area (Å²) in [6, 6.07) is 5.69. The summed E-state index contributed by atoms with van der Waals surface area (Å²) in [4.78, 5) is 25.6. The van der Waals surface area contributed by atoms with Gasteiger partial charge < -0.3 is 5.32 Å². The van der Waals surface area contributed by atoms with Crippen LogP contribution < -0.4 is 5.32 Å². The van der Waals surface area contributed by atoms with Gasteiger partial charge in [-0.15, -0.1) is 0 Å². The van der Waals surface area contributed by atoms with Gasteiger partial charge in [0.05, 0.1) is 4.92 Å². The molecule has 0 unspecified atom stereocenters. The molecule has 0 aliphatic rings. The van der Waals surface area contributed by atoms with E-state index in [0.29, 0.717) is 23.0 Å². The molecular weight excluding hydrogens is 282 g/mol. The van der Waals surface area contributed by atoms with Gasteiger partial charge in [0.1, 0.15) is 6.33 Å². The third-order valence-electron chi connectivity index (χ3n) is 2.32. The lowest BCUT2D eigenvalue weighted by Gasteiger charge is -2.04. The van der Waals surface area contributed by atoms with Crippen molar-refractivity contribution in [1.29, 1.82) is 0 Å². The maximum atomic E-state index is 11.7. The van der Waals surface area contributed by atoms with Crippen LogP contribution in [0.4, 0.5) is 11.4 Å². The normalized spacial score (nSPS) is 10.2. The topological polar surface area (TPSA) is 114 Å². The molecule has 0 fully saturated rings. The monoisotopic (exact) mass is 293 g/mol. The summed E-state index contributed by atoms with van der Waals surface area (Å²) in [5.74, 6) is 0.402. The molecule has 104 valence electrons. The van der Waals surface area contributed by atoms with Crippen molar-refractivity contribution >= 4 is 29.0 Å². The van der Waals surface area contributed by atoms with Crippen LogP contribution in [0.2, 0.25) is 0 Å². The van der Waals surface area contributed by atoms with Crippen LogP contribution >= 0.6 is 11.8 Å². The number of nitrogens with one attached hydrogen (secondary N) is 2. The number of hydrogen-bond donors (Lipinski definition) is 2. The van der Waals surface area contributed by atoms with Crippen molar-refractivity contribution in [2.24, 2.45) is 0 Å². The Morgan fingerprint density at radius 2 is 2.15 bits per heavy atom. The van der Waals surface area contributed by atoms with Gasteiger partial charge in [0.2, 0.25) is 5.91 Å². The van der Waals surface area contributed by atoms with Crippen LogP contribution in [0.15, 0.2) is 35.7 Å². The number of nitrogens with zero attached hydrogens (tertiary/aromatic N) is 3. The van der Waals surface area contributed by atoms with Gasteiger partial charge in [0.25, 0.3) is 5.69 Å². The predicted molar refractivity (Wildman–Crippen MR) is 73.4 cm³/mol. The molecule has 0 radical (unpaired) electrons. The number of aromatic nitrogens is 3. The Bertz CT molecular complexity index is 585. The average molecular weight is 293 g/mol. The average Bonchev–Trinajstić information content (AvgIpc) is 2.92. The van der Waals surface area contributed by atoms with E-state index in [2.05, 4.69) is 20.5 Å². The number of non-ortho nitro benzene ring substituents is 1. The molecule has 0 aliphatic carbocycles. The Morgan fingerprint density at radius 3 is 2.75 bits per heavy atom. The summed E-state index contributed by atoms with van der Waals surface area (Å²) in [6.07, 6.45) is 1.71. The number of nitro groups is 1. The van der Waals surface area contributed by atoms with Gasteiger partial charge in [-0.2, -0.15) is 5.10 Å². The van der Waals surface area contributed by atoms with E-state index in [1.54, 1.807) is 0 Å². The lowest BCUT2D eigenvalue weighted by Crippen LogP contribution is -2.12. The van der Waals surface area contributed by atoms with E-state index in [-0.39, 0.29) is 11.6 Å². The number of nitro benzene ring substituents is 1. The fourth-order valence-electron chi connectivity index (χ4n) is 1.39. The van der Waals surface area contributed by atoms with E-state index in [0.717, 1.165) is 0 Å². The molecule has 1 aromatic heterocycles. The van der Waals surface area contributed by atoms with Gasteiger partial charge in [-0.1, -0.05) is 11.8 Å². The number of rotatable bonds is 6. The van der Waals surface area contributed by atoms with E-state index in [1.807, 2.05) is 0 Å². The zero-order valence-corrected chi connectivity index (χ0v) is 11.1. The molecular formula is C11H11N5O3S. The smallest absolute Gasteiger partial charge is 0.269 e. The first-order valence-corrected chi connectivity index (χ1v) is 6.66. The number of benzene rings is 1. The van der Waals surface area contributed by atoms with Crippen molar-refractivity contribution in [1.82, 2.24) is 15.2 Å². The SMILES string of the molecule is O=C(CCSc1ncn[nH]1)Nc1ccc([N+](=O)[O-])cc1. The van der Waals surface area contributed by atoms with Crippen LogP contribution in [0.1, 0.15) is 6.42 Å². The molecule has 1 heterocycles. The van der Waals surface area contributed by atoms with Crippen LogP contribution in [0.25, 0.3) is 0 Å². The maximum absolute atomic E-state index is 11.7. The first-order chi connectivity index (χ1) is 9.65. The van der Waals surface area contributed by atoms with E-state index in [4.69, 9.17) is 0 Å². The van der Waals surface area contributed by atoms with Gasteiger partial charge in [-0.25, -0.2) is 4.98 Å². The molecule has 0 bridgehead atoms. The number of anilines is 1. The molecule has 8 nitrogen and oxygen atoms in total. The Balaban J connectivity index is 1.77. The first kappa shape index (κ1) is 14.0. The maximum Gasteiger partial charge on any atom is 0.269 e.